The Morgan fingerprint density at radius 2 is 1.54 bits per heavy atom. The van der Waals surface area contributed by atoms with Gasteiger partial charge in [0.25, 0.3) is 0 Å². The van der Waals surface area contributed by atoms with E-state index in [1.54, 1.807) is 4.90 Å². The van der Waals surface area contributed by atoms with E-state index >= 15 is 0 Å². The number of fused-ring (bicyclic) bond motifs is 1. The number of amides is 2. The zero-order valence-corrected chi connectivity index (χ0v) is 21.6. The molecule has 0 radical (unpaired) electrons. The first-order valence-corrected chi connectivity index (χ1v) is 12.4. The molecule has 0 aliphatic carbocycles. The molecular formula is C31H27ClN2O3. The summed E-state index contributed by atoms with van der Waals surface area (Å²) in [7, 11) is 0. The average molecular weight is 511 g/mol. The number of halogens is 1. The number of carbonyl (C=O) groups excluding carboxylic acids is 2. The second-order valence-corrected chi connectivity index (χ2v) is 9.87. The second-order valence-electron chi connectivity index (χ2n) is 9.47. The van der Waals surface area contributed by atoms with Gasteiger partial charge in [-0.05, 0) is 65.9 Å². The van der Waals surface area contributed by atoms with Crippen molar-refractivity contribution in [3.8, 4) is 5.75 Å². The molecule has 2 N–H and O–H groups in total. The fourth-order valence-electron chi connectivity index (χ4n) is 5.31. The number of hydrogen-bond donors (Lipinski definition) is 2. The van der Waals surface area contributed by atoms with E-state index in [4.69, 9.17) is 11.6 Å². The van der Waals surface area contributed by atoms with Crippen molar-refractivity contribution in [3.63, 3.8) is 0 Å². The molecule has 1 aliphatic heterocycles. The van der Waals surface area contributed by atoms with Gasteiger partial charge in [0, 0.05) is 28.9 Å². The Kier molecular flexibility index (Phi) is 6.26. The summed E-state index contributed by atoms with van der Waals surface area (Å²) in [6, 6.07) is 26.5. The van der Waals surface area contributed by atoms with Crippen LogP contribution in [0.5, 0.6) is 5.75 Å². The van der Waals surface area contributed by atoms with E-state index in [2.05, 4.69) is 5.32 Å². The van der Waals surface area contributed by atoms with E-state index in [1.807, 2.05) is 98.8 Å². The highest BCUT2D eigenvalue weighted by Gasteiger charge is 2.53. The molecule has 186 valence electrons. The standard InChI is InChI=1S/C31H27ClN2O3/c1-19-16-24(17-20(2)29(19)36)31(23-12-14-25(15-13-23)33-21(3)35)26-9-5-7-11-28(26)34(30(31)37)18-22-8-4-6-10-27(22)32/h4-17,36H,18H2,1-3H3,(H,33,35). The van der Waals surface area contributed by atoms with Gasteiger partial charge in [-0.25, -0.2) is 0 Å². The van der Waals surface area contributed by atoms with E-state index < -0.39 is 5.41 Å². The number of nitrogens with one attached hydrogen (secondary N) is 1. The SMILES string of the molecule is CC(=O)Nc1ccc(C2(c3cc(C)c(O)c(C)c3)C(=O)N(Cc3ccccc3Cl)c3ccccc32)cc1. The monoisotopic (exact) mass is 510 g/mol. The third-order valence-corrected chi connectivity index (χ3v) is 7.38. The van der Waals surface area contributed by atoms with Gasteiger partial charge in [0.05, 0.1) is 6.54 Å². The lowest BCUT2D eigenvalue weighted by molar-refractivity contribution is -0.121. The topological polar surface area (TPSA) is 69.6 Å². The summed E-state index contributed by atoms with van der Waals surface area (Å²) in [5, 5.41) is 13.9. The van der Waals surface area contributed by atoms with Crippen LogP contribution in [0.15, 0.2) is 84.9 Å². The van der Waals surface area contributed by atoms with Gasteiger partial charge in [0.2, 0.25) is 11.8 Å². The zero-order chi connectivity index (χ0) is 26.3. The van der Waals surface area contributed by atoms with Gasteiger partial charge in [0.15, 0.2) is 0 Å². The molecule has 0 bridgehead atoms. The molecule has 6 heteroatoms. The minimum Gasteiger partial charge on any atom is -0.507 e. The molecule has 0 fully saturated rings. The van der Waals surface area contributed by atoms with E-state index in [9.17, 15) is 14.7 Å². The first-order valence-electron chi connectivity index (χ1n) is 12.1. The molecule has 0 aromatic heterocycles. The quantitative estimate of drug-likeness (QED) is 0.322. The van der Waals surface area contributed by atoms with Gasteiger partial charge in [-0.15, -0.1) is 0 Å². The van der Waals surface area contributed by atoms with E-state index in [1.165, 1.54) is 6.92 Å². The van der Waals surface area contributed by atoms with Gasteiger partial charge in [-0.1, -0.05) is 72.3 Å². The van der Waals surface area contributed by atoms with Crippen LogP contribution in [0.1, 0.15) is 40.3 Å². The van der Waals surface area contributed by atoms with E-state index in [-0.39, 0.29) is 17.6 Å². The van der Waals surface area contributed by atoms with Crippen molar-refractivity contribution in [2.24, 2.45) is 0 Å². The Balaban J connectivity index is 1.77. The molecule has 1 unspecified atom stereocenters. The Morgan fingerprint density at radius 3 is 2.19 bits per heavy atom. The molecule has 1 atom stereocenters. The predicted molar refractivity (Wildman–Crippen MR) is 147 cm³/mol. The molecule has 0 saturated carbocycles. The molecule has 1 aliphatic rings. The zero-order valence-electron chi connectivity index (χ0n) is 20.9. The lowest BCUT2D eigenvalue weighted by atomic mass is 9.69. The van der Waals surface area contributed by atoms with E-state index in [0.717, 1.165) is 27.9 Å². The molecule has 0 spiro atoms. The second kappa shape index (κ2) is 9.41. The molecule has 4 aromatic rings. The maximum absolute atomic E-state index is 14.7. The number of carbonyl (C=O) groups is 2. The summed E-state index contributed by atoms with van der Waals surface area (Å²) in [5.74, 6) is -0.0580. The number of rotatable bonds is 5. The van der Waals surface area contributed by atoms with Crippen molar-refractivity contribution >= 4 is 34.8 Å². The molecule has 1 heterocycles. The third-order valence-electron chi connectivity index (χ3n) is 7.01. The molecule has 4 aromatic carbocycles. The number of aromatic hydroxyl groups is 1. The molecule has 37 heavy (non-hydrogen) atoms. The van der Waals surface area contributed by atoms with Crippen molar-refractivity contribution < 1.29 is 14.7 Å². The molecule has 0 saturated heterocycles. The van der Waals surface area contributed by atoms with Crippen LogP contribution in [-0.2, 0) is 21.5 Å². The number of hydrogen-bond acceptors (Lipinski definition) is 3. The maximum Gasteiger partial charge on any atom is 0.247 e. The highest BCUT2D eigenvalue weighted by Crippen LogP contribution is 2.52. The fraction of sp³-hybridized carbons (Fsp3) is 0.161. The number of para-hydroxylation sites is 1. The van der Waals surface area contributed by atoms with Gasteiger partial charge in [-0.3, -0.25) is 9.59 Å². The summed E-state index contributed by atoms with van der Waals surface area (Å²) < 4.78 is 0. The molecule has 2 amide bonds. The lowest BCUT2D eigenvalue weighted by Gasteiger charge is -2.31. The highest BCUT2D eigenvalue weighted by molar-refractivity contribution is 6.31. The number of anilines is 2. The van der Waals surface area contributed by atoms with Gasteiger partial charge in [0.1, 0.15) is 11.2 Å². The van der Waals surface area contributed by atoms with Crippen LogP contribution in [0.25, 0.3) is 0 Å². The van der Waals surface area contributed by atoms with Crippen molar-refractivity contribution in [1.29, 1.82) is 0 Å². The number of phenols is 1. The normalized spacial score (nSPS) is 16.5. The van der Waals surface area contributed by atoms with Crippen molar-refractivity contribution in [2.75, 3.05) is 10.2 Å². The van der Waals surface area contributed by atoms with Crippen LogP contribution < -0.4 is 10.2 Å². The Hall–Kier alpha value is -4.09. The van der Waals surface area contributed by atoms with Crippen molar-refractivity contribution in [2.45, 2.75) is 32.7 Å². The number of benzene rings is 4. The van der Waals surface area contributed by atoms with Crippen LogP contribution in [0.2, 0.25) is 5.02 Å². The average Bonchev–Trinajstić information content (AvgIpc) is 3.12. The number of nitrogens with zero attached hydrogens (tertiary/aromatic N) is 1. The third kappa shape index (κ3) is 4.05. The number of phenolic OH excluding ortho intramolecular Hbond substituents is 1. The Labute approximate surface area is 221 Å². The van der Waals surface area contributed by atoms with Crippen LogP contribution in [0.3, 0.4) is 0 Å². The summed E-state index contributed by atoms with van der Waals surface area (Å²) in [6.07, 6.45) is 0. The largest absolute Gasteiger partial charge is 0.507 e. The molecule has 5 nitrogen and oxygen atoms in total. The van der Waals surface area contributed by atoms with Crippen molar-refractivity contribution in [3.05, 3.63) is 123 Å². The number of aryl methyl sites for hydroxylation is 2. The van der Waals surface area contributed by atoms with Gasteiger partial charge in [-0.2, -0.15) is 0 Å². The maximum atomic E-state index is 14.7. The van der Waals surface area contributed by atoms with Crippen LogP contribution in [0, 0.1) is 13.8 Å². The first-order chi connectivity index (χ1) is 17.7. The van der Waals surface area contributed by atoms with Crippen LogP contribution in [0.4, 0.5) is 11.4 Å². The minimum absolute atomic E-state index is 0.106. The van der Waals surface area contributed by atoms with Gasteiger partial charge < -0.3 is 15.3 Å². The smallest absolute Gasteiger partial charge is 0.247 e. The Bertz CT molecular complexity index is 1510. The fourth-order valence-corrected chi connectivity index (χ4v) is 5.51. The summed E-state index contributed by atoms with van der Waals surface area (Å²) in [4.78, 5) is 28.1. The highest BCUT2D eigenvalue weighted by atomic mass is 35.5. The molecular weight excluding hydrogens is 484 g/mol. The van der Waals surface area contributed by atoms with Crippen LogP contribution in [-0.4, -0.2) is 16.9 Å². The summed E-state index contributed by atoms with van der Waals surface area (Å²) in [5.41, 5.74) is 4.93. The summed E-state index contributed by atoms with van der Waals surface area (Å²) >= 11 is 6.50. The Morgan fingerprint density at radius 1 is 0.919 bits per heavy atom. The van der Waals surface area contributed by atoms with Gasteiger partial charge >= 0.3 is 0 Å². The predicted octanol–water partition coefficient (Wildman–Crippen LogP) is 6.50. The summed E-state index contributed by atoms with van der Waals surface area (Å²) in [6.45, 7) is 5.45. The lowest BCUT2D eigenvalue weighted by Crippen LogP contribution is -2.42. The molecule has 5 rings (SSSR count). The van der Waals surface area contributed by atoms with Crippen LogP contribution >= 0.6 is 11.6 Å². The minimum atomic E-state index is -1.16. The van der Waals surface area contributed by atoms with E-state index in [0.29, 0.717) is 28.4 Å². The first kappa shape index (κ1) is 24.6. The van der Waals surface area contributed by atoms with Crippen molar-refractivity contribution in [1.82, 2.24) is 0 Å².